The van der Waals surface area contributed by atoms with Gasteiger partial charge in [0.05, 0.1) is 12.0 Å². The largest absolute Gasteiger partial charge is 0.481 e. The summed E-state index contributed by atoms with van der Waals surface area (Å²) in [6, 6.07) is 29.9. The SMILES string of the molecule is Cc1ccc2ccccc2c1CN(Cc1ccc(-c2ccccc2C(C)(C)C(=O)O)cc1)Cc1ccc(C(F)(F)F)o1. The van der Waals surface area contributed by atoms with Crippen molar-refractivity contribution < 1.29 is 27.5 Å². The Morgan fingerprint density at radius 3 is 2.19 bits per heavy atom. The van der Waals surface area contributed by atoms with Crippen LogP contribution in [0.3, 0.4) is 0 Å². The minimum atomic E-state index is -4.55. The van der Waals surface area contributed by atoms with Gasteiger partial charge in [-0.3, -0.25) is 9.69 Å². The number of carboxylic acid groups (broad SMARTS) is 1. The van der Waals surface area contributed by atoms with Gasteiger partial charge >= 0.3 is 12.1 Å². The lowest BCUT2D eigenvalue weighted by Gasteiger charge is -2.25. The maximum absolute atomic E-state index is 13.2. The van der Waals surface area contributed by atoms with Crippen LogP contribution in [0.2, 0.25) is 0 Å². The fourth-order valence-electron chi connectivity index (χ4n) is 5.32. The van der Waals surface area contributed by atoms with E-state index in [4.69, 9.17) is 4.42 Å². The first-order valence-corrected chi connectivity index (χ1v) is 13.7. The van der Waals surface area contributed by atoms with Gasteiger partial charge in [-0.2, -0.15) is 13.2 Å². The number of furan rings is 1. The first-order valence-electron chi connectivity index (χ1n) is 13.7. The summed E-state index contributed by atoms with van der Waals surface area (Å²) in [5.74, 6) is -1.68. The van der Waals surface area contributed by atoms with Crippen LogP contribution in [0.15, 0.2) is 101 Å². The van der Waals surface area contributed by atoms with Crippen molar-refractivity contribution in [3.63, 3.8) is 0 Å². The minimum Gasteiger partial charge on any atom is -0.481 e. The van der Waals surface area contributed by atoms with Crippen LogP contribution in [0.5, 0.6) is 0 Å². The quantitative estimate of drug-likeness (QED) is 0.192. The van der Waals surface area contributed by atoms with Gasteiger partial charge in [0.2, 0.25) is 5.76 Å². The average molecular weight is 572 g/mol. The summed E-state index contributed by atoms with van der Waals surface area (Å²) in [4.78, 5) is 14.0. The Kier molecular flexibility index (Phi) is 7.97. The number of hydrogen-bond acceptors (Lipinski definition) is 3. The number of nitrogens with zero attached hydrogens (tertiary/aromatic N) is 1. The molecule has 0 aliphatic heterocycles. The Balaban J connectivity index is 1.46. The van der Waals surface area contributed by atoms with Gasteiger partial charge in [-0.15, -0.1) is 0 Å². The maximum Gasteiger partial charge on any atom is 0.449 e. The van der Waals surface area contributed by atoms with Gasteiger partial charge in [0.15, 0.2) is 0 Å². The number of halogens is 3. The molecule has 42 heavy (non-hydrogen) atoms. The van der Waals surface area contributed by atoms with Crippen LogP contribution in [0.1, 0.15) is 47.6 Å². The van der Waals surface area contributed by atoms with Crippen LogP contribution in [0.25, 0.3) is 21.9 Å². The fourth-order valence-corrected chi connectivity index (χ4v) is 5.32. The van der Waals surface area contributed by atoms with Crippen LogP contribution in [-0.4, -0.2) is 16.0 Å². The van der Waals surface area contributed by atoms with Crippen molar-refractivity contribution in [2.24, 2.45) is 0 Å². The van der Waals surface area contributed by atoms with Crippen molar-refractivity contribution in [1.82, 2.24) is 4.90 Å². The second-order valence-electron chi connectivity index (χ2n) is 11.2. The zero-order valence-corrected chi connectivity index (χ0v) is 23.7. The number of carboxylic acids is 1. The van der Waals surface area contributed by atoms with Gasteiger partial charge in [0, 0.05) is 13.1 Å². The van der Waals surface area contributed by atoms with E-state index >= 15 is 0 Å². The molecular formula is C35H32F3NO3. The van der Waals surface area contributed by atoms with E-state index in [-0.39, 0.29) is 12.3 Å². The molecule has 0 unspecified atom stereocenters. The molecule has 1 N–H and O–H groups in total. The summed E-state index contributed by atoms with van der Waals surface area (Å²) >= 11 is 0. The van der Waals surface area contributed by atoms with E-state index in [0.717, 1.165) is 50.2 Å². The van der Waals surface area contributed by atoms with Crippen molar-refractivity contribution in [3.05, 3.63) is 131 Å². The third-order valence-corrected chi connectivity index (χ3v) is 7.78. The molecule has 4 nitrogen and oxygen atoms in total. The third kappa shape index (κ3) is 6.11. The van der Waals surface area contributed by atoms with E-state index in [1.54, 1.807) is 13.8 Å². The molecule has 1 heterocycles. The lowest BCUT2D eigenvalue weighted by atomic mass is 9.80. The monoisotopic (exact) mass is 571 g/mol. The Hall–Kier alpha value is -4.36. The summed E-state index contributed by atoms with van der Waals surface area (Å²) in [6.45, 7) is 6.58. The molecule has 7 heteroatoms. The summed E-state index contributed by atoms with van der Waals surface area (Å²) in [5, 5.41) is 12.0. The van der Waals surface area contributed by atoms with E-state index in [1.165, 1.54) is 6.07 Å². The lowest BCUT2D eigenvalue weighted by Crippen LogP contribution is -2.29. The standard InChI is InChI=1S/C35H32F3NO3/c1-23-12-15-25-8-4-5-9-28(25)30(23)22-39(21-27-18-19-32(42-27)35(36,37)38)20-24-13-16-26(17-14-24)29-10-6-7-11-31(29)34(2,3)33(40)41/h4-19H,20-22H2,1-3H3,(H,40,41). The highest BCUT2D eigenvalue weighted by Gasteiger charge is 2.35. The normalized spacial score (nSPS) is 12.3. The number of rotatable bonds is 9. The summed E-state index contributed by atoms with van der Waals surface area (Å²) < 4.78 is 44.9. The van der Waals surface area contributed by atoms with E-state index < -0.39 is 23.3 Å². The molecule has 0 bridgehead atoms. The minimum absolute atomic E-state index is 0.191. The van der Waals surface area contributed by atoms with Crippen LogP contribution in [0.4, 0.5) is 13.2 Å². The smallest absolute Gasteiger partial charge is 0.449 e. The van der Waals surface area contributed by atoms with Gasteiger partial charge in [0.25, 0.3) is 0 Å². The molecule has 5 aromatic rings. The number of hydrogen-bond donors (Lipinski definition) is 1. The highest BCUT2D eigenvalue weighted by molar-refractivity contribution is 5.87. The van der Waals surface area contributed by atoms with Crippen molar-refractivity contribution >= 4 is 16.7 Å². The molecule has 4 aromatic carbocycles. The molecule has 0 atom stereocenters. The number of alkyl halides is 3. The number of fused-ring (bicyclic) bond motifs is 1. The molecule has 0 saturated heterocycles. The Morgan fingerprint density at radius 1 is 0.810 bits per heavy atom. The van der Waals surface area contributed by atoms with Gasteiger partial charge < -0.3 is 9.52 Å². The van der Waals surface area contributed by atoms with Crippen LogP contribution >= 0.6 is 0 Å². The molecule has 5 rings (SSSR count). The summed E-state index contributed by atoms with van der Waals surface area (Å²) in [7, 11) is 0. The van der Waals surface area contributed by atoms with Crippen molar-refractivity contribution in [2.75, 3.05) is 0 Å². The molecule has 0 radical (unpaired) electrons. The van der Waals surface area contributed by atoms with Gasteiger partial charge in [-0.25, -0.2) is 0 Å². The first-order chi connectivity index (χ1) is 19.9. The van der Waals surface area contributed by atoms with Crippen molar-refractivity contribution in [3.8, 4) is 11.1 Å². The molecular weight excluding hydrogens is 539 g/mol. The first kappa shape index (κ1) is 29.1. The summed E-state index contributed by atoms with van der Waals surface area (Å²) in [6.07, 6.45) is -4.55. The third-order valence-electron chi connectivity index (χ3n) is 7.78. The lowest BCUT2D eigenvalue weighted by molar-refractivity contribution is -0.153. The van der Waals surface area contributed by atoms with Crippen LogP contribution in [-0.2, 0) is 36.0 Å². The van der Waals surface area contributed by atoms with E-state index in [9.17, 15) is 23.1 Å². The Morgan fingerprint density at radius 2 is 1.50 bits per heavy atom. The van der Waals surface area contributed by atoms with Crippen LogP contribution < -0.4 is 0 Å². The van der Waals surface area contributed by atoms with E-state index in [0.29, 0.717) is 13.1 Å². The number of carbonyl (C=O) groups is 1. The second kappa shape index (κ2) is 11.5. The fraction of sp³-hybridized carbons (Fsp3) is 0.229. The van der Waals surface area contributed by atoms with Crippen molar-refractivity contribution in [2.45, 2.75) is 52.0 Å². The van der Waals surface area contributed by atoms with Gasteiger partial charge in [-0.1, -0.05) is 84.9 Å². The Labute approximate surface area is 243 Å². The molecule has 0 fully saturated rings. The number of benzene rings is 4. The predicted octanol–water partition coefficient (Wildman–Crippen LogP) is 8.99. The molecule has 0 aliphatic rings. The molecule has 0 amide bonds. The zero-order valence-electron chi connectivity index (χ0n) is 23.7. The van der Waals surface area contributed by atoms with E-state index in [1.807, 2.05) is 73.7 Å². The summed E-state index contributed by atoms with van der Waals surface area (Å²) in [5.41, 5.74) is 4.56. The number of aliphatic carboxylic acids is 1. The van der Waals surface area contributed by atoms with Crippen molar-refractivity contribution in [1.29, 1.82) is 0 Å². The highest BCUT2D eigenvalue weighted by atomic mass is 19.4. The molecule has 0 spiro atoms. The number of aryl methyl sites for hydroxylation is 1. The zero-order chi connectivity index (χ0) is 30.1. The second-order valence-corrected chi connectivity index (χ2v) is 11.2. The maximum atomic E-state index is 13.2. The molecule has 216 valence electrons. The van der Waals surface area contributed by atoms with Gasteiger partial charge in [0.1, 0.15) is 5.76 Å². The van der Waals surface area contributed by atoms with E-state index in [2.05, 4.69) is 23.1 Å². The van der Waals surface area contributed by atoms with Gasteiger partial charge in [-0.05, 0) is 77.1 Å². The highest BCUT2D eigenvalue weighted by Crippen LogP contribution is 2.35. The Bertz CT molecular complexity index is 1720. The molecule has 0 saturated carbocycles. The predicted molar refractivity (Wildman–Crippen MR) is 158 cm³/mol. The van der Waals surface area contributed by atoms with Crippen LogP contribution in [0, 0.1) is 6.92 Å². The average Bonchev–Trinajstić information content (AvgIpc) is 3.44. The molecule has 1 aromatic heterocycles. The topological polar surface area (TPSA) is 53.7 Å². The molecule has 0 aliphatic carbocycles.